The van der Waals surface area contributed by atoms with E-state index in [1.807, 2.05) is 13.0 Å². The number of hydrogen-bond donors (Lipinski definition) is 1. The van der Waals surface area contributed by atoms with E-state index in [1.54, 1.807) is 4.90 Å². The van der Waals surface area contributed by atoms with Crippen molar-refractivity contribution in [2.45, 2.75) is 44.2 Å². The Labute approximate surface area is 135 Å². The minimum absolute atomic E-state index is 0.256. The number of amides is 1. The third-order valence-corrected chi connectivity index (χ3v) is 4.91. The van der Waals surface area contributed by atoms with Crippen LogP contribution in [0.1, 0.15) is 43.2 Å². The minimum Gasteiger partial charge on any atom is -0.440 e. The van der Waals surface area contributed by atoms with Crippen molar-refractivity contribution in [2.75, 3.05) is 31.2 Å². The lowest BCUT2D eigenvalue weighted by Crippen LogP contribution is -2.40. The van der Waals surface area contributed by atoms with Gasteiger partial charge in [-0.3, -0.25) is 4.90 Å². The van der Waals surface area contributed by atoms with E-state index in [4.69, 9.17) is 9.47 Å². The van der Waals surface area contributed by atoms with Crippen LogP contribution in [0.25, 0.3) is 0 Å². The van der Waals surface area contributed by atoms with Crippen molar-refractivity contribution in [1.82, 2.24) is 15.3 Å². The number of ether oxygens (including phenoxy) is 2. The largest absolute Gasteiger partial charge is 0.440 e. The van der Waals surface area contributed by atoms with Gasteiger partial charge in [0.25, 0.3) is 0 Å². The highest BCUT2D eigenvalue weighted by Crippen LogP contribution is 2.35. The monoisotopic (exact) mass is 318 g/mol. The van der Waals surface area contributed by atoms with Crippen LogP contribution in [0.3, 0.4) is 0 Å². The summed E-state index contributed by atoms with van der Waals surface area (Å²) in [6, 6.07) is 2.18. The number of hydrogen-bond acceptors (Lipinski definition) is 6. The summed E-state index contributed by atoms with van der Waals surface area (Å²) in [6.45, 7) is 4.71. The topological polar surface area (TPSA) is 76.6 Å². The number of carbonyl (C=O) groups excluding carboxylic acids is 1. The maximum Gasteiger partial charge on any atom is 0.416 e. The van der Waals surface area contributed by atoms with E-state index in [-0.39, 0.29) is 12.1 Å². The van der Waals surface area contributed by atoms with Crippen LogP contribution in [0, 0.1) is 6.92 Å². The van der Waals surface area contributed by atoms with Gasteiger partial charge in [0.15, 0.2) is 0 Å². The average Bonchev–Trinajstić information content (AvgIpc) is 3.16. The van der Waals surface area contributed by atoms with Gasteiger partial charge in [-0.2, -0.15) is 0 Å². The highest BCUT2D eigenvalue weighted by atomic mass is 16.6. The lowest BCUT2D eigenvalue weighted by Gasteiger charge is -2.30. The van der Waals surface area contributed by atoms with Crippen LogP contribution in [0.2, 0.25) is 0 Å². The van der Waals surface area contributed by atoms with Crippen LogP contribution in [0.5, 0.6) is 0 Å². The molecular weight excluding hydrogens is 296 g/mol. The van der Waals surface area contributed by atoms with Crippen molar-refractivity contribution in [3.05, 3.63) is 17.6 Å². The van der Waals surface area contributed by atoms with E-state index in [1.165, 1.54) is 0 Å². The number of carbonyl (C=O) groups is 1. The van der Waals surface area contributed by atoms with E-state index >= 15 is 0 Å². The fraction of sp³-hybridized carbons (Fsp3) is 0.688. The molecule has 124 valence electrons. The molecule has 0 aliphatic carbocycles. The summed E-state index contributed by atoms with van der Waals surface area (Å²) in [5, 5.41) is 3.44. The summed E-state index contributed by atoms with van der Waals surface area (Å²) >= 11 is 0. The minimum atomic E-state index is -0.417. The van der Waals surface area contributed by atoms with Crippen LogP contribution < -0.4 is 10.2 Å². The van der Waals surface area contributed by atoms with Gasteiger partial charge in [0.1, 0.15) is 17.2 Å². The predicted molar refractivity (Wildman–Crippen MR) is 83.4 cm³/mol. The summed E-state index contributed by atoms with van der Waals surface area (Å²) < 4.78 is 11.1. The summed E-state index contributed by atoms with van der Waals surface area (Å²) in [5.74, 6) is 1.33. The van der Waals surface area contributed by atoms with Crippen LogP contribution in [0.4, 0.5) is 10.6 Å². The van der Waals surface area contributed by atoms with Crippen molar-refractivity contribution in [3.63, 3.8) is 0 Å². The molecular formula is C16H22N4O3. The number of nitrogens with one attached hydrogen (secondary N) is 1. The predicted octanol–water partition coefficient (Wildman–Crippen LogP) is 1.72. The van der Waals surface area contributed by atoms with E-state index in [9.17, 15) is 4.79 Å². The molecule has 23 heavy (non-hydrogen) atoms. The van der Waals surface area contributed by atoms with Gasteiger partial charge in [0.05, 0.1) is 25.5 Å². The van der Waals surface area contributed by atoms with Gasteiger partial charge in [-0.05, 0) is 26.3 Å². The Bertz CT molecular complexity index is 609. The molecule has 1 spiro atoms. The Balaban J connectivity index is 1.61. The van der Waals surface area contributed by atoms with Gasteiger partial charge in [0, 0.05) is 24.9 Å². The quantitative estimate of drug-likeness (QED) is 0.894. The van der Waals surface area contributed by atoms with Gasteiger partial charge in [0.2, 0.25) is 0 Å². The van der Waals surface area contributed by atoms with E-state index < -0.39 is 5.60 Å². The molecule has 1 aromatic rings. The summed E-state index contributed by atoms with van der Waals surface area (Å²) in [4.78, 5) is 23.0. The molecule has 0 bridgehead atoms. The molecule has 3 saturated heterocycles. The Morgan fingerprint density at radius 2 is 2.17 bits per heavy atom. The molecule has 0 aromatic carbocycles. The summed E-state index contributed by atoms with van der Waals surface area (Å²) in [5.41, 5.74) is 0.547. The molecule has 3 aliphatic rings. The standard InChI is InChI=1S/C16H22N4O3/c1-11-18-13(12-3-2-6-17-12)9-14(19-11)20-10-16(23-15(20)21)4-7-22-8-5-16/h9,12,17H,2-8,10H2,1H3/t12-/m0/s1. The third-order valence-electron chi connectivity index (χ3n) is 4.91. The number of nitrogens with zero attached hydrogens (tertiary/aromatic N) is 3. The lowest BCUT2D eigenvalue weighted by molar-refractivity contribution is -0.0431. The first kappa shape index (κ1) is 14.8. The first-order chi connectivity index (χ1) is 11.2. The number of rotatable bonds is 2. The molecule has 1 atom stereocenters. The first-order valence-corrected chi connectivity index (χ1v) is 8.32. The Hall–Kier alpha value is -1.73. The Morgan fingerprint density at radius 3 is 2.91 bits per heavy atom. The highest BCUT2D eigenvalue weighted by molar-refractivity contribution is 5.89. The first-order valence-electron chi connectivity index (χ1n) is 8.32. The number of anilines is 1. The van der Waals surface area contributed by atoms with Crippen molar-refractivity contribution >= 4 is 11.9 Å². The molecule has 4 heterocycles. The zero-order valence-electron chi connectivity index (χ0n) is 13.4. The molecule has 3 aliphatic heterocycles. The third kappa shape index (κ3) is 2.79. The van der Waals surface area contributed by atoms with Crippen molar-refractivity contribution < 1.29 is 14.3 Å². The van der Waals surface area contributed by atoms with Crippen LogP contribution in [-0.4, -0.2) is 48.0 Å². The van der Waals surface area contributed by atoms with Gasteiger partial charge in [-0.1, -0.05) is 0 Å². The Kier molecular flexibility index (Phi) is 3.69. The zero-order chi connectivity index (χ0) is 15.9. The van der Waals surface area contributed by atoms with E-state index in [0.717, 1.165) is 37.9 Å². The number of aromatic nitrogens is 2. The molecule has 0 unspecified atom stereocenters. The van der Waals surface area contributed by atoms with Crippen molar-refractivity contribution in [2.24, 2.45) is 0 Å². The molecule has 7 heteroatoms. The van der Waals surface area contributed by atoms with Crippen LogP contribution >= 0.6 is 0 Å². The molecule has 1 N–H and O–H groups in total. The van der Waals surface area contributed by atoms with Gasteiger partial charge in [-0.25, -0.2) is 14.8 Å². The molecule has 1 aromatic heterocycles. The van der Waals surface area contributed by atoms with Crippen LogP contribution in [0.15, 0.2) is 6.07 Å². The number of aryl methyl sites for hydroxylation is 1. The van der Waals surface area contributed by atoms with E-state index in [0.29, 0.717) is 31.4 Å². The molecule has 4 rings (SSSR count). The summed E-state index contributed by atoms with van der Waals surface area (Å²) in [7, 11) is 0. The average molecular weight is 318 g/mol. The van der Waals surface area contributed by atoms with E-state index in [2.05, 4.69) is 15.3 Å². The smallest absolute Gasteiger partial charge is 0.416 e. The fourth-order valence-electron chi connectivity index (χ4n) is 3.63. The second-order valence-corrected chi connectivity index (χ2v) is 6.60. The molecule has 3 fully saturated rings. The van der Waals surface area contributed by atoms with Gasteiger partial charge >= 0.3 is 6.09 Å². The summed E-state index contributed by atoms with van der Waals surface area (Å²) in [6.07, 6.45) is 3.40. The maximum absolute atomic E-state index is 12.4. The zero-order valence-corrected chi connectivity index (χ0v) is 13.4. The highest BCUT2D eigenvalue weighted by Gasteiger charge is 2.47. The normalized spacial score (nSPS) is 26.7. The van der Waals surface area contributed by atoms with Crippen molar-refractivity contribution in [3.8, 4) is 0 Å². The lowest BCUT2D eigenvalue weighted by atomic mass is 9.94. The second kappa shape index (κ2) is 5.72. The van der Waals surface area contributed by atoms with Gasteiger partial charge in [-0.15, -0.1) is 0 Å². The van der Waals surface area contributed by atoms with Gasteiger partial charge < -0.3 is 14.8 Å². The molecule has 1 amide bonds. The maximum atomic E-state index is 12.4. The van der Waals surface area contributed by atoms with Crippen molar-refractivity contribution in [1.29, 1.82) is 0 Å². The SMILES string of the molecule is Cc1nc([C@@H]2CCCN2)cc(N2CC3(CCOCC3)OC2=O)n1. The molecule has 0 saturated carbocycles. The fourth-order valence-corrected chi connectivity index (χ4v) is 3.63. The molecule has 0 radical (unpaired) electrons. The molecule has 7 nitrogen and oxygen atoms in total. The van der Waals surface area contributed by atoms with Crippen LogP contribution in [-0.2, 0) is 9.47 Å². The Morgan fingerprint density at radius 1 is 1.35 bits per heavy atom. The second-order valence-electron chi connectivity index (χ2n) is 6.60.